The molecule has 5 heteroatoms. The molecule has 0 aliphatic rings. The number of rotatable bonds is 3. The molecule has 0 saturated heterocycles. The SMILES string of the molecule is NCc1cc(C(=O)c2cnccn2)ccn1. The summed E-state index contributed by atoms with van der Waals surface area (Å²) in [4.78, 5) is 23.8. The van der Waals surface area contributed by atoms with Crippen molar-refractivity contribution < 1.29 is 4.79 Å². The van der Waals surface area contributed by atoms with Crippen molar-refractivity contribution in [2.45, 2.75) is 6.54 Å². The van der Waals surface area contributed by atoms with E-state index in [4.69, 9.17) is 5.73 Å². The van der Waals surface area contributed by atoms with Gasteiger partial charge in [-0.25, -0.2) is 4.98 Å². The monoisotopic (exact) mass is 214 g/mol. The molecule has 0 radical (unpaired) electrons. The molecule has 0 atom stereocenters. The van der Waals surface area contributed by atoms with Gasteiger partial charge in [0, 0.05) is 30.7 Å². The van der Waals surface area contributed by atoms with E-state index in [1.54, 1.807) is 18.3 Å². The number of carbonyl (C=O) groups excluding carboxylic acids is 1. The molecule has 0 spiro atoms. The molecule has 16 heavy (non-hydrogen) atoms. The maximum atomic E-state index is 11.9. The Morgan fingerprint density at radius 3 is 2.81 bits per heavy atom. The van der Waals surface area contributed by atoms with Crippen LogP contribution in [0.2, 0.25) is 0 Å². The van der Waals surface area contributed by atoms with Crippen molar-refractivity contribution in [3.63, 3.8) is 0 Å². The standard InChI is InChI=1S/C11H10N4O/c12-6-9-5-8(1-2-14-9)11(16)10-7-13-3-4-15-10/h1-5,7H,6,12H2. The molecule has 0 amide bonds. The Morgan fingerprint density at radius 2 is 2.12 bits per heavy atom. The quantitative estimate of drug-likeness (QED) is 0.755. The van der Waals surface area contributed by atoms with E-state index in [-0.39, 0.29) is 5.78 Å². The van der Waals surface area contributed by atoms with Gasteiger partial charge in [-0.15, -0.1) is 0 Å². The van der Waals surface area contributed by atoms with Gasteiger partial charge in [0.25, 0.3) is 0 Å². The van der Waals surface area contributed by atoms with E-state index in [0.717, 1.165) is 0 Å². The number of pyridine rings is 1. The number of ketones is 1. The Morgan fingerprint density at radius 1 is 1.25 bits per heavy atom. The lowest BCUT2D eigenvalue weighted by molar-refractivity contribution is 0.103. The molecule has 0 bridgehead atoms. The van der Waals surface area contributed by atoms with Crippen molar-refractivity contribution >= 4 is 5.78 Å². The van der Waals surface area contributed by atoms with Gasteiger partial charge in [0.15, 0.2) is 0 Å². The van der Waals surface area contributed by atoms with Crippen molar-refractivity contribution in [2.24, 2.45) is 5.73 Å². The van der Waals surface area contributed by atoms with E-state index in [0.29, 0.717) is 23.5 Å². The highest BCUT2D eigenvalue weighted by molar-refractivity contribution is 6.07. The van der Waals surface area contributed by atoms with Crippen LogP contribution in [0, 0.1) is 0 Å². The van der Waals surface area contributed by atoms with E-state index in [1.807, 2.05) is 0 Å². The lowest BCUT2D eigenvalue weighted by Gasteiger charge is -2.01. The lowest BCUT2D eigenvalue weighted by Crippen LogP contribution is -2.07. The molecule has 2 heterocycles. The second-order valence-corrected chi connectivity index (χ2v) is 3.16. The highest BCUT2D eigenvalue weighted by Crippen LogP contribution is 2.07. The number of carbonyl (C=O) groups is 1. The van der Waals surface area contributed by atoms with Gasteiger partial charge < -0.3 is 5.73 Å². The zero-order chi connectivity index (χ0) is 11.4. The Hall–Kier alpha value is -2.14. The number of nitrogens with zero attached hydrogens (tertiary/aromatic N) is 3. The Labute approximate surface area is 92.4 Å². The van der Waals surface area contributed by atoms with Crippen molar-refractivity contribution in [1.29, 1.82) is 0 Å². The van der Waals surface area contributed by atoms with E-state index in [9.17, 15) is 4.79 Å². The van der Waals surface area contributed by atoms with Crippen LogP contribution in [0.1, 0.15) is 21.7 Å². The molecule has 2 N–H and O–H groups in total. The number of nitrogens with two attached hydrogens (primary N) is 1. The van der Waals surface area contributed by atoms with E-state index < -0.39 is 0 Å². The molecule has 5 nitrogen and oxygen atoms in total. The van der Waals surface area contributed by atoms with E-state index in [1.165, 1.54) is 18.6 Å². The largest absolute Gasteiger partial charge is 0.325 e. The zero-order valence-corrected chi connectivity index (χ0v) is 8.50. The maximum absolute atomic E-state index is 11.9. The topological polar surface area (TPSA) is 81.8 Å². The fourth-order valence-corrected chi connectivity index (χ4v) is 1.30. The van der Waals surface area contributed by atoms with Crippen LogP contribution in [0.25, 0.3) is 0 Å². The third kappa shape index (κ3) is 2.09. The summed E-state index contributed by atoms with van der Waals surface area (Å²) in [6.07, 6.45) is 6.00. The second-order valence-electron chi connectivity index (χ2n) is 3.16. The van der Waals surface area contributed by atoms with Crippen molar-refractivity contribution in [1.82, 2.24) is 15.0 Å². The van der Waals surface area contributed by atoms with Crippen molar-refractivity contribution in [3.8, 4) is 0 Å². The minimum absolute atomic E-state index is 0.176. The van der Waals surface area contributed by atoms with Gasteiger partial charge in [0.05, 0.1) is 11.9 Å². The number of hydrogen-bond acceptors (Lipinski definition) is 5. The molecule has 0 aliphatic heterocycles. The van der Waals surface area contributed by atoms with Gasteiger partial charge in [-0.05, 0) is 12.1 Å². The molecule has 2 aromatic heterocycles. The summed E-state index contributed by atoms with van der Waals surface area (Å²) in [5.41, 5.74) is 6.97. The summed E-state index contributed by atoms with van der Waals surface area (Å²) in [6.45, 7) is 0.307. The van der Waals surface area contributed by atoms with E-state index >= 15 is 0 Å². The summed E-state index contributed by atoms with van der Waals surface area (Å²) in [5.74, 6) is -0.176. The van der Waals surface area contributed by atoms with Gasteiger partial charge >= 0.3 is 0 Å². The summed E-state index contributed by atoms with van der Waals surface area (Å²) < 4.78 is 0. The van der Waals surface area contributed by atoms with Crippen LogP contribution in [0.3, 0.4) is 0 Å². The molecule has 0 unspecified atom stereocenters. The highest BCUT2D eigenvalue weighted by Gasteiger charge is 2.10. The Balaban J connectivity index is 2.34. The number of hydrogen-bond donors (Lipinski definition) is 1. The Kier molecular flexibility index (Phi) is 2.98. The Bertz CT molecular complexity index is 498. The predicted octanol–water partition coefficient (Wildman–Crippen LogP) is 0.561. The summed E-state index contributed by atoms with van der Waals surface area (Å²) in [6, 6.07) is 3.30. The average Bonchev–Trinajstić information content (AvgIpc) is 2.39. The lowest BCUT2D eigenvalue weighted by atomic mass is 10.1. The molecular formula is C11H10N4O. The fourth-order valence-electron chi connectivity index (χ4n) is 1.30. The predicted molar refractivity (Wildman–Crippen MR) is 57.6 cm³/mol. The summed E-state index contributed by atoms with van der Waals surface area (Å²) in [7, 11) is 0. The van der Waals surface area contributed by atoms with Crippen LogP contribution in [-0.2, 0) is 6.54 Å². The molecule has 2 rings (SSSR count). The number of aromatic nitrogens is 3. The molecule has 2 aromatic rings. The first-order valence-electron chi connectivity index (χ1n) is 4.77. The van der Waals surface area contributed by atoms with Gasteiger partial charge in [-0.3, -0.25) is 14.8 Å². The summed E-state index contributed by atoms with van der Waals surface area (Å²) in [5, 5.41) is 0. The summed E-state index contributed by atoms with van der Waals surface area (Å²) >= 11 is 0. The molecular weight excluding hydrogens is 204 g/mol. The fraction of sp³-hybridized carbons (Fsp3) is 0.0909. The third-order valence-electron chi connectivity index (χ3n) is 2.08. The first-order valence-corrected chi connectivity index (χ1v) is 4.77. The van der Waals surface area contributed by atoms with Crippen LogP contribution >= 0.6 is 0 Å². The molecule has 0 saturated carbocycles. The second kappa shape index (κ2) is 4.59. The van der Waals surface area contributed by atoms with Crippen molar-refractivity contribution in [3.05, 3.63) is 53.9 Å². The van der Waals surface area contributed by atoms with E-state index in [2.05, 4.69) is 15.0 Å². The van der Waals surface area contributed by atoms with Crippen LogP contribution in [0.5, 0.6) is 0 Å². The molecule has 0 fully saturated rings. The van der Waals surface area contributed by atoms with Crippen LogP contribution < -0.4 is 5.73 Å². The maximum Gasteiger partial charge on any atom is 0.213 e. The average molecular weight is 214 g/mol. The van der Waals surface area contributed by atoms with Crippen LogP contribution in [-0.4, -0.2) is 20.7 Å². The zero-order valence-electron chi connectivity index (χ0n) is 8.50. The minimum atomic E-state index is -0.176. The van der Waals surface area contributed by atoms with Gasteiger partial charge in [-0.2, -0.15) is 0 Å². The molecule has 80 valence electrons. The van der Waals surface area contributed by atoms with Gasteiger partial charge in [0.1, 0.15) is 5.69 Å². The first-order chi connectivity index (χ1) is 7.81. The smallest absolute Gasteiger partial charge is 0.213 e. The van der Waals surface area contributed by atoms with Crippen molar-refractivity contribution in [2.75, 3.05) is 0 Å². The van der Waals surface area contributed by atoms with Gasteiger partial charge in [0.2, 0.25) is 5.78 Å². The van der Waals surface area contributed by atoms with Crippen LogP contribution in [0.4, 0.5) is 0 Å². The first kappa shape index (κ1) is 10.4. The molecule has 0 aromatic carbocycles. The highest BCUT2D eigenvalue weighted by atomic mass is 16.1. The van der Waals surface area contributed by atoms with Gasteiger partial charge in [-0.1, -0.05) is 0 Å². The molecule has 0 aliphatic carbocycles. The van der Waals surface area contributed by atoms with Crippen LogP contribution in [0.15, 0.2) is 36.9 Å². The third-order valence-corrected chi connectivity index (χ3v) is 2.08. The normalized spacial score (nSPS) is 10.1. The minimum Gasteiger partial charge on any atom is -0.325 e.